The molecule has 3 aromatic heterocycles. The molecule has 4 heterocycles. The number of nitriles is 2. The maximum absolute atomic E-state index is 13.9. The van der Waals surface area contributed by atoms with Gasteiger partial charge < -0.3 is 14.0 Å². The molecule has 0 radical (unpaired) electrons. The van der Waals surface area contributed by atoms with Gasteiger partial charge in [0.1, 0.15) is 46.2 Å². The standard InChI is InChI=1S/C30H28FN7O2/c1-17-16-38(29-23(14-33)30(39)36(3)25-11-10-22(13-32)34-27(25)29)18(2)15-37(17)28(20-6-8-21(31)9-7-20)24-12-26(40-35-24)19-4-5-19/h6-12,17-19,28H,4-5,15-16H2,1-3H3/t17?,18-,28?/m0/s1. The number of halogens is 1. The van der Waals surface area contributed by atoms with Gasteiger partial charge in [-0.3, -0.25) is 9.69 Å². The highest BCUT2D eigenvalue weighted by Crippen LogP contribution is 2.42. The van der Waals surface area contributed by atoms with Crippen LogP contribution in [0.3, 0.4) is 0 Å². The van der Waals surface area contributed by atoms with Crippen molar-refractivity contribution in [2.45, 2.75) is 50.7 Å². The van der Waals surface area contributed by atoms with Crippen LogP contribution in [0.25, 0.3) is 11.0 Å². The molecule has 2 aliphatic rings. The van der Waals surface area contributed by atoms with Crippen molar-refractivity contribution in [3.05, 3.63) is 86.9 Å². The number of rotatable bonds is 5. The lowest BCUT2D eigenvalue weighted by Crippen LogP contribution is -2.58. The number of nitrogens with zero attached hydrogens (tertiary/aromatic N) is 7. The lowest BCUT2D eigenvalue weighted by molar-refractivity contribution is 0.125. The van der Waals surface area contributed by atoms with E-state index in [0.717, 1.165) is 29.9 Å². The van der Waals surface area contributed by atoms with E-state index in [4.69, 9.17) is 4.52 Å². The molecule has 10 heteroatoms. The molecule has 1 saturated carbocycles. The fourth-order valence-corrected chi connectivity index (χ4v) is 5.83. The summed E-state index contributed by atoms with van der Waals surface area (Å²) >= 11 is 0. The number of hydrogen-bond donors (Lipinski definition) is 0. The summed E-state index contributed by atoms with van der Waals surface area (Å²) in [5.41, 5.74) is 2.95. The fraction of sp³-hybridized carbons (Fsp3) is 0.367. The van der Waals surface area contributed by atoms with E-state index in [2.05, 4.69) is 39.0 Å². The Hall–Kier alpha value is -4.54. The van der Waals surface area contributed by atoms with Crippen molar-refractivity contribution in [1.82, 2.24) is 19.6 Å². The van der Waals surface area contributed by atoms with E-state index in [-0.39, 0.29) is 35.2 Å². The van der Waals surface area contributed by atoms with Gasteiger partial charge in [0.05, 0.1) is 17.2 Å². The molecule has 1 saturated heterocycles. The predicted molar refractivity (Wildman–Crippen MR) is 146 cm³/mol. The van der Waals surface area contributed by atoms with Crippen molar-refractivity contribution >= 4 is 16.7 Å². The SMILES string of the molecule is CC1CN(c2c(C#N)c(=O)n(C)c3ccc(C#N)nc23)[C@@H](C)CN1C(c1ccc(F)cc1)c1cc(C2CC2)on1. The highest BCUT2D eigenvalue weighted by Gasteiger charge is 2.39. The van der Waals surface area contributed by atoms with Crippen molar-refractivity contribution in [3.63, 3.8) is 0 Å². The molecule has 0 bridgehead atoms. The minimum atomic E-state index is -0.404. The number of aryl methyl sites for hydroxylation is 1. The van der Waals surface area contributed by atoms with E-state index >= 15 is 0 Å². The summed E-state index contributed by atoms with van der Waals surface area (Å²) < 4.78 is 21.0. The molecule has 4 aromatic rings. The van der Waals surface area contributed by atoms with Gasteiger partial charge in [0.2, 0.25) is 0 Å². The topological polar surface area (TPSA) is 115 Å². The Bertz CT molecular complexity index is 1740. The van der Waals surface area contributed by atoms with Crippen LogP contribution >= 0.6 is 0 Å². The zero-order valence-corrected chi connectivity index (χ0v) is 22.5. The molecule has 3 atom stereocenters. The average molecular weight is 538 g/mol. The molecule has 40 heavy (non-hydrogen) atoms. The predicted octanol–water partition coefficient (Wildman–Crippen LogP) is 4.37. The highest BCUT2D eigenvalue weighted by molar-refractivity contribution is 5.92. The molecule has 2 fully saturated rings. The van der Waals surface area contributed by atoms with Gasteiger partial charge in [-0.1, -0.05) is 17.3 Å². The summed E-state index contributed by atoms with van der Waals surface area (Å²) in [6.45, 7) is 5.17. The van der Waals surface area contributed by atoms with Gasteiger partial charge in [-0.05, 0) is 56.5 Å². The van der Waals surface area contributed by atoms with Crippen LogP contribution in [0.15, 0.2) is 51.8 Å². The molecule has 0 spiro atoms. The second-order valence-electron chi connectivity index (χ2n) is 10.8. The first-order chi connectivity index (χ1) is 19.3. The molecule has 1 aliphatic heterocycles. The van der Waals surface area contributed by atoms with Crippen LogP contribution in [0.2, 0.25) is 0 Å². The maximum atomic E-state index is 13.9. The van der Waals surface area contributed by atoms with E-state index in [0.29, 0.717) is 35.7 Å². The molecule has 0 N–H and O–H groups in total. The minimum Gasteiger partial charge on any atom is -0.363 e. The summed E-state index contributed by atoms with van der Waals surface area (Å²) in [5, 5.41) is 24.0. The van der Waals surface area contributed by atoms with Crippen molar-refractivity contribution in [2.75, 3.05) is 18.0 Å². The molecule has 202 valence electrons. The normalized spacial score (nSPS) is 20.3. The summed E-state index contributed by atoms with van der Waals surface area (Å²) in [6, 6.07) is 15.5. The van der Waals surface area contributed by atoms with Gasteiger partial charge in [0.15, 0.2) is 0 Å². The molecule has 6 rings (SSSR count). The van der Waals surface area contributed by atoms with Crippen molar-refractivity contribution < 1.29 is 8.91 Å². The Labute approximate surface area is 230 Å². The first-order valence-electron chi connectivity index (χ1n) is 13.4. The number of hydrogen-bond acceptors (Lipinski definition) is 8. The van der Waals surface area contributed by atoms with Crippen molar-refractivity contribution in [1.29, 1.82) is 10.5 Å². The first kappa shape index (κ1) is 25.7. The Kier molecular flexibility index (Phi) is 6.36. The molecular formula is C30H28FN7O2. The number of pyridine rings is 2. The third kappa shape index (κ3) is 4.31. The van der Waals surface area contributed by atoms with Crippen LogP contribution in [0.1, 0.15) is 66.9 Å². The first-order valence-corrected chi connectivity index (χ1v) is 13.4. The zero-order chi connectivity index (χ0) is 28.1. The smallest absolute Gasteiger partial charge is 0.270 e. The zero-order valence-electron chi connectivity index (χ0n) is 22.5. The van der Waals surface area contributed by atoms with E-state index in [1.807, 2.05) is 13.0 Å². The molecule has 0 amide bonds. The van der Waals surface area contributed by atoms with Gasteiger partial charge in [0.25, 0.3) is 5.56 Å². The fourth-order valence-electron chi connectivity index (χ4n) is 5.83. The lowest BCUT2D eigenvalue weighted by Gasteiger charge is -2.48. The van der Waals surface area contributed by atoms with Crippen LogP contribution in [0.5, 0.6) is 0 Å². The van der Waals surface area contributed by atoms with E-state index in [9.17, 15) is 19.7 Å². The van der Waals surface area contributed by atoms with Crippen molar-refractivity contribution in [2.24, 2.45) is 7.05 Å². The molecule has 9 nitrogen and oxygen atoms in total. The number of piperazine rings is 1. The Morgan fingerprint density at radius 2 is 1.80 bits per heavy atom. The van der Waals surface area contributed by atoms with Gasteiger partial charge in [0, 0.05) is 44.2 Å². The van der Waals surface area contributed by atoms with Gasteiger partial charge >= 0.3 is 0 Å². The number of benzene rings is 1. The van der Waals surface area contributed by atoms with Crippen LogP contribution in [-0.4, -0.2) is 44.8 Å². The number of aromatic nitrogens is 3. The third-order valence-corrected chi connectivity index (χ3v) is 8.09. The number of fused-ring (bicyclic) bond motifs is 1. The van der Waals surface area contributed by atoms with Gasteiger partial charge in [-0.25, -0.2) is 9.37 Å². The lowest BCUT2D eigenvalue weighted by atomic mass is 9.96. The Balaban J connectivity index is 1.42. The second-order valence-corrected chi connectivity index (χ2v) is 10.8. The quantitative estimate of drug-likeness (QED) is 0.369. The van der Waals surface area contributed by atoms with Crippen molar-refractivity contribution in [3.8, 4) is 12.1 Å². The Morgan fingerprint density at radius 3 is 2.48 bits per heavy atom. The minimum absolute atomic E-state index is 0.00532. The van der Waals surface area contributed by atoms with Crippen LogP contribution in [-0.2, 0) is 7.05 Å². The largest absolute Gasteiger partial charge is 0.363 e. The monoisotopic (exact) mass is 537 g/mol. The summed E-state index contributed by atoms with van der Waals surface area (Å²) in [7, 11) is 1.61. The maximum Gasteiger partial charge on any atom is 0.270 e. The average Bonchev–Trinajstić information content (AvgIpc) is 3.70. The second kappa shape index (κ2) is 9.89. The van der Waals surface area contributed by atoms with Gasteiger partial charge in [-0.2, -0.15) is 10.5 Å². The van der Waals surface area contributed by atoms with Crippen LogP contribution in [0.4, 0.5) is 10.1 Å². The highest BCUT2D eigenvalue weighted by atomic mass is 19.1. The molecule has 1 aromatic carbocycles. The Morgan fingerprint density at radius 1 is 1.05 bits per heavy atom. The van der Waals surface area contributed by atoms with E-state index in [1.54, 1.807) is 31.3 Å². The number of anilines is 1. The van der Waals surface area contributed by atoms with E-state index < -0.39 is 5.56 Å². The van der Waals surface area contributed by atoms with Crippen LogP contribution in [0, 0.1) is 28.5 Å². The summed E-state index contributed by atoms with van der Waals surface area (Å²) in [5.74, 6) is 0.983. The molecule has 2 unspecified atom stereocenters. The summed E-state index contributed by atoms with van der Waals surface area (Å²) in [6.07, 6.45) is 2.18. The molecule has 1 aliphatic carbocycles. The third-order valence-electron chi connectivity index (χ3n) is 8.09. The van der Waals surface area contributed by atoms with Gasteiger partial charge in [-0.15, -0.1) is 0 Å². The molecular weight excluding hydrogens is 509 g/mol. The van der Waals surface area contributed by atoms with Crippen LogP contribution < -0.4 is 10.5 Å². The van der Waals surface area contributed by atoms with E-state index in [1.165, 1.54) is 16.7 Å². The summed E-state index contributed by atoms with van der Waals surface area (Å²) in [4.78, 5) is 22.1.